The van der Waals surface area contributed by atoms with E-state index in [1.807, 2.05) is 13.0 Å². The Kier molecular flexibility index (Phi) is 6.69. The van der Waals surface area contributed by atoms with Crippen LogP contribution in [0.4, 0.5) is 4.79 Å². The van der Waals surface area contributed by atoms with Crippen molar-refractivity contribution in [3.8, 4) is 0 Å². The molecular formula is C24H25N5O4S. The van der Waals surface area contributed by atoms with Crippen LogP contribution in [0.2, 0.25) is 0 Å². The summed E-state index contributed by atoms with van der Waals surface area (Å²) in [5.74, 6) is -1.27. The van der Waals surface area contributed by atoms with Crippen LogP contribution in [0.5, 0.6) is 0 Å². The van der Waals surface area contributed by atoms with Crippen LogP contribution in [0.15, 0.2) is 64.5 Å². The first-order chi connectivity index (χ1) is 16.3. The highest BCUT2D eigenvalue weighted by Gasteiger charge is 2.49. The Morgan fingerprint density at radius 1 is 1.09 bits per heavy atom. The second kappa shape index (κ2) is 9.68. The van der Waals surface area contributed by atoms with E-state index in [1.54, 1.807) is 60.0 Å². The molecule has 1 unspecified atom stereocenters. The molecule has 0 aliphatic carbocycles. The number of nitrogens with one attached hydrogen (secondary N) is 2. The number of carbonyl (C=O) groups excluding carboxylic acids is 3. The Morgan fingerprint density at radius 3 is 2.53 bits per heavy atom. The number of hydrazine groups is 1. The predicted molar refractivity (Wildman–Crippen MR) is 129 cm³/mol. The predicted octanol–water partition coefficient (Wildman–Crippen LogP) is 2.79. The Labute approximate surface area is 200 Å². The molecule has 0 spiro atoms. The van der Waals surface area contributed by atoms with Crippen molar-refractivity contribution in [2.75, 3.05) is 5.75 Å². The summed E-state index contributed by atoms with van der Waals surface area (Å²) in [5, 5.41) is 4.28. The molecule has 3 aromatic rings. The van der Waals surface area contributed by atoms with Gasteiger partial charge in [-0.1, -0.05) is 67.6 Å². The van der Waals surface area contributed by atoms with E-state index in [1.165, 1.54) is 0 Å². The first-order valence-electron chi connectivity index (χ1n) is 11.0. The van der Waals surface area contributed by atoms with Crippen LogP contribution in [-0.4, -0.2) is 38.2 Å². The lowest BCUT2D eigenvalue weighted by atomic mass is 9.92. The van der Waals surface area contributed by atoms with Gasteiger partial charge in [0.05, 0.1) is 16.7 Å². The molecule has 0 radical (unpaired) electrons. The number of para-hydroxylation sites is 1. The van der Waals surface area contributed by atoms with Gasteiger partial charge in [-0.3, -0.25) is 24.4 Å². The standard InChI is InChI=1S/C24H25N5O4S/c1-3-4-14-28-20(31)17-12-8-9-13-18(17)25-23(28)34-15-19(30)27-29-21(32)24(2,26-22(29)33)16-10-6-5-7-11-16/h5-13H,3-4,14-15H2,1-2H3,(H,26,33)(H,27,30). The molecule has 10 heteroatoms. The Bertz CT molecular complexity index is 1310. The Morgan fingerprint density at radius 2 is 1.79 bits per heavy atom. The van der Waals surface area contributed by atoms with Gasteiger partial charge < -0.3 is 5.32 Å². The van der Waals surface area contributed by atoms with Crippen LogP contribution in [0.1, 0.15) is 32.3 Å². The zero-order valence-corrected chi connectivity index (χ0v) is 19.7. The molecule has 2 aromatic carbocycles. The fraction of sp³-hybridized carbons (Fsp3) is 0.292. The van der Waals surface area contributed by atoms with Crippen molar-refractivity contribution in [1.29, 1.82) is 0 Å². The van der Waals surface area contributed by atoms with Crippen LogP contribution in [0.3, 0.4) is 0 Å². The number of nitrogens with zero attached hydrogens (tertiary/aromatic N) is 3. The van der Waals surface area contributed by atoms with Crippen LogP contribution in [0, 0.1) is 0 Å². The van der Waals surface area contributed by atoms with Gasteiger partial charge in [-0.2, -0.15) is 5.01 Å². The highest BCUT2D eigenvalue weighted by molar-refractivity contribution is 7.99. The van der Waals surface area contributed by atoms with E-state index in [0.29, 0.717) is 33.2 Å². The highest BCUT2D eigenvalue weighted by Crippen LogP contribution is 2.27. The molecule has 176 valence electrons. The SMILES string of the molecule is CCCCn1c(SCC(=O)NN2C(=O)NC(C)(c3ccccc3)C2=O)nc2ccccc2c1=O. The Balaban J connectivity index is 1.50. The number of amides is 4. The number of urea groups is 1. The fourth-order valence-corrected chi connectivity index (χ4v) is 4.58. The second-order valence-corrected chi connectivity index (χ2v) is 9.05. The van der Waals surface area contributed by atoms with Gasteiger partial charge in [0.25, 0.3) is 11.5 Å². The minimum absolute atomic E-state index is 0.129. The zero-order chi connectivity index (χ0) is 24.3. The quantitative estimate of drug-likeness (QED) is 0.292. The van der Waals surface area contributed by atoms with Crippen molar-refractivity contribution in [2.24, 2.45) is 0 Å². The number of carbonyl (C=O) groups is 3. The number of thioether (sulfide) groups is 1. The fourth-order valence-electron chi connectivity index (χ4n) is 3.77. The number of benzene rings is 2. The van der Waals surface area contributed by atoms with E-state index in [-0.39, 0.29) is 11.3 Å². The van der Waals surface area contributed by atoms with Gasteiger partial charge in [-0.25, -0.2) is 9.78 Å². The molecule has 4 amide bonds. The average molecular weight is 480 g/mol. The van der Waals surface area contributed by atoms with Gasteiger partial charge in [-0.05, 0) is 31.0 Å². The first-order valence-corrected chi connectivity index (χ1v) is 12.0. The summed E-state index contributed by atoms with van der Waals surface area (Å²) in [5.41, 5.74) is 2.11. The van der Waals surface area contributed by atoms with Gasteiger partial charge >= 0.3 is 6.03 Å². The summed E-state index contributed by atoms with van der Waals surface area (Å²) >= 11 is 1.09. The number of rotatable bonds is 8. The van der Waals surface area contributed by atoms with E-state index in [2.05, 4.69) is 15.7 Å². The molecule has 34 heavy (non-hydrogen) atoms. The Hall–Kier alpha value is -3.66. The van der Waals surface area contributed by atoms with E-state index >= 15 is 0 Å². The van der Waals surface area contributed by atoms with Crippen molar-refractivity contribution in [3.05, 3.63) is 70.5 Å². The van der Waals surface area contributed by atoms with Crippen molar-refractivity contribution in [3.63, 3.8) is 0 Å². The van der Waals surface area contributed by atoms with Crippen molar-refractivity contribution in [1.82, 2.24) is 25.3 Å². The van der Waals surface area contributed by atoms with Gasteiger partial charge in [-0.15, -0.1) is 0 Å². The molecule has 1 aromatic heterocycles. The summed E-state index contributed by atoms with van der Waals surface area (Å²) in [6.45, 7) is 4.11. The molecule has 9 nitrogen and oxygen atoms in total. The minimum Gasteiger partial charge on any atom is -0.318 e. The molecule has 1 atom stereocenters. The molecule has 4 rings (SSSR count). The number of fused-ring (bicyclic) bond motifs is 1. The molecule has 1 fully saturated rings. The number of hydrogen-bond donors (Lipinski definition) is 2. The second-order valence-electron chi connectivity index (χ2n) is 8.11. The number of hydrogen-bond acceptors (Lipinski definition) is 6. The van der Waals surface area contributed by atoms with E-state index in [4.69, 9.17) is 0 Å². The van der Waals surface area contributed by atoms with E-state index in [0.717, 1.165) is 24.6 Å². The van der Waals surface area contributed by atoms with Gasteiger partial charge in [0.1, 0.15) is 5.54 Å². The van der Waals surface area contributed by atoms with Gasteiger partial charge in [0.15, 0.2) is 5.16 Å². The number of imide groups is 1. The zero-order valence-electron chi connectivity index (χ0n) is 18.9. The molecular weight excluding hydrogens is 454 g/mol. The average Bonchev–Trinajstić information content (AvgIpc) is 3.06. The maximum Gasteiger partial charge on any atom is 0.344 e. The normalized spacial score (nSPS) is 17.8. The molecule has 1 aliphatic rings. The molecule has 0 saturated carbocycles. The highest BCUT2D eigenvalue weighted by atomic mass is 32.2. The maximum atomic E-state index is 13.0. The third kappa shape index (κ3) is 4.41. The molecule has 2 heterocycles. The lowest BCUT2D eigenvalue weighted by molar-refractivity contribution is -0.138. The minimum atomic E-state index is -1.28. The summed E-state index contributed by atoms with van der Waals surface area (Å²) in [4.78, 5) is 55.6. The lowest BCUT2D eigenvalue weighted by Gasteiger charge is -2.22. The van der Waals surface area contributed by atoms with Crippen molar-refractivity contribution >= 4 is 40.5 Å². The number of unbranched alkanes of at least 4 members (excludes halogenated alkanes) is 1. The van der Waals surface area contributed by atoms with Crippen molar-refractivity contribution in [2.45, 2.75) is 43.9 Å². The van der Waals surface area contributed by atoms with E-state index < -0.39 is 23.4 Å². The monoisotopic (exact) mass is 479 g/mol. The summed E-state index contributed by atoms with van der Waals surface area (Å²) in [7, 11) is 0. The molecule has 2 N–H and O–H groups in total. The van der Waals surface area contributed by atoms with Crippen LogP contribution in [-0.2, 0) is 21.7 Å². The summed E-state index contributed by atoms with van der Waals surface area (Å²) in [6.07, 6.45) is 1.69. The maximum absolute atomic E-state index is 13.0. The van der Waals surface area contributed by atoms with Gasteiger partial charge in [0, 0.05) is 6.54 Å². The molecule has 0 bridgehead atoms. The molecule has 1 aliphatic heterocycles. The molecule has 1 saturated heterocycles. The topological polar surface area (TPSA) is 113 Å². The third-order valence-electron chi connectivity index (χ3n) is 5.67. The largest absolute Gasteiger partial charge is 0.344 e. The van der Waals surface area contributed by atoms with Crippen molar-refractivity contribution < 1.29 is 14.4 Å². The van der Waals surface area contributed by atoms with Crippen LogP contribution < -0.4 is 16.3 Å². The van der Waals surface area contributed by atoms with Crippen LogP contribution >= 0.6 is 11.8 Å². The van der Waals surface area contributed by atoms with Crippen LogP contribution in [0.25, 0.3) is 10.9 Å². The summed E-state index contributed by atoms with van der Waals surface area (Å²) < 4.78 is 1.57. The summed E-state index contributed by atoms with van der Waals surface area (Å²) in [6, 6.07) is 15.2. The number of aromatic nitrogens is 2. The first kappa shape index (κ1) is 23.5. The smallest absolute Gasteiger partial charge is 0.318 e. The van der Waals surface area contributed by atoms with E-state index in [9.17, 15) is 19.2 Å². The third-order valence-corrected chi connectivity index (χ3v) is 6.65. The lowest BCUT2D eigenvalue weighted by Crippen LogP contribution is -2.48. The van der Waals surface area contributed by atoms with Gasteiger partial charge in [0.2, 0.25) is 5.91 Å².